The van der Waals surface area contributed by atoms with Crippen LogP contribution in [0.2, 0.25) is 0 Å². The lowest BCUT2D eigenvalue weighted by Gasteiger charge is -2.52. The van der Waals surface area contributed by atoms with E-state index in [9.17, 15) is 10.4 Å². The van der Waals surface area contributed by atoms with E-state index in [0.717, 1.165) is 12.1 Å². The fourth-order valence-electron chi connectivity index (χ4n) is 4.41. The molecule has 4 rings (SSSR count). The van der Waals surface area contributed by atoms with Crippen LogP contribution in [0.4, 0.5) is 0 Å². The standard InChI is InChI=1S/C22H24N2O3/c1-26-21-9-18(8-7-17(21)12-23)22(25)10-19-14-27-15-20(11-22)24(19)13-16-5-3-2-4-6-16/h2-9,19-20,25H,10-11,13-15H2,1H3. The van der Waals surface area contributed by atoms with E-state index in [-0.39, 0.29) is 12.1 Å². The Bertz CT molecular complexity index is 832. The predicted molar refractivity (Wildman–Crippen MR) is 101 cm³/mol. The number of piperidine rings is 1. The molecule has 0 spiro atoms. The van der Waals surface area contributed by atoms with Gasteiger partial charge in [-0.3, -0.25) is 4.90 Å². The van der Waals surface area contributed by atoms with Gasteiger partial charge in [-0.25, -0.2) is 0 Å². The number of nitriles is 1. The Hall–Kier alpha value is -2.39. The molecule has 27 heavy (non-hydrogen) atoms. The normalized spacial score (nSPS) is 27.7. The van der Waals surface area contributed by atoms with Gasteiger partial charge in [-0.1, -0.05) is 36.4 Å². The summed E-state index contributed by atoms with van der Waals surface area (Å²) >= 11 is 0. The van der Waals surface area contributed by atoms with Crippen molar-refractivity contribution in [2.45, 2.75) is 37.1 Å². The summed E-state index contributed by atoms with van der Waals surface area (Å²) in [4.78, 5) is 2.47. The lowest BCUT2D eigenvalue weighted by molar-refractivity contribution is -0.149. The molecule has 140 valence electrons. The summed E-state index contributed by atoms with van der Waals surface area (Å²) in [5, 5.41) is 20.7. The van der Waals surface area contributed by atoms with E-state index in [1.165, 1.54) is 5.56 Å². The van der Waals surface area contributed by atoms with Crippen molar-refractivity contribution in [3.63, 3.8) is 0 Å². The van der Waals surface area contributed by atoms with Crippen LogP contribution in [0.1, 0.15) is 29.5 Å². The lowest BCUT2D eigenvalue weighted by Crippen LogP contribution is -2.60. The van der Waals surface area contributed by atoms with E-state index in [1.807, 2.05) is 18.2 Å². The number of hydrogen-bond acceptors (Lipinski definition) is 5. The second-order valence-electron chi connectivity index (χ2n) is 7.47. The van der Waals surface area contributed by atoms with E-state index in [0.29, 0.717) is 37.4 Å². The summed E-state index contributed by atoms with van der Waals surface area (Å²) < 4.78 is 11.1. The molecule has 2 aromatic rings. The maximum atomic E-state index is 11.5. The molecule has 2 aromatic carbocycles. The molecule has 2 atom stereocenters. The van der Waals surface area contributed by atoms with Crippen LogP contribution in [0.3, 0.4) is 0 Å². The molecule has 5 heteroatoms. The average Bonchev–Trinajstić information content (AvgIpc) is 2.69. The molecule has 0 aromatic heterocycles. The van der Waals surface area contributed by atoms with Crippen LogP contribution in [0, 0.1) is 11.3 Å². The summed E-state index contributed by atoms with van der Waals surface area (Å²) in [5.74, 6) is 0.511. The monoisotopic (exact) mass is 364 g/mol. The first-order chi connectivity index (χ1) is 13.1. The third-order valence-electron chi connectivity index (χ3n) is 5.77. The molecule has 0 radical (unpaired) electrons. The first-order valence-corrected chi connectivity index (χ1v) is 9.31. The molecular weight excluding hydrogens is 340 g/mol. The molecular formula is C22H24N2O3. The van der Waals surface area contributed by atoms with E-state index < -0.39 is 5.60 Å². The lowest BCUT2D eigenvalue weighted by atomic mass is 9.76. The Morgan fingerprint density at radius 1 is 1.19 bits per heavy atom. The van der Waals surface area contributed by atoms with Crippen molar-refractivity contribution in [2.24, 2.45) is 0 Å². The van der Waals surface area contributed by atoms with Gasteiger partial charge in [0, 0.05) is 18.6 Å². The zero-order valence-corrected chi connectivity index (χ0v) is 15.5. The fourth-order valence-corrected chi connectivity index (χ4v) is 4.41. The maximum Gasteiger partial charge on any atom is 0.136 e. The van der Waals surface area contributed by atoms with Gasteiger partial charge in [-0.15, -0.1) is 0 Å². The number of hydrogen-bond donors (Lipinski definition) is 1. The molecule has 0 saturated carbocycles. The van der Waals surface area contributed by atoms with Crippen LogP contribution >= 0.6 is 0 Å². The molecule has 0 aliphatic carbocycles. The summed E-state index contributed by atoms with van der Waals surface area (Å²) in [5.41, 5.74) is 1.64. The summed E-state index contributed by atoms with van der Waals surface area (Å²) in [6.07, 6.45) is 1.21. The van der Waals surface area contributed by atoms with Crippen LogP contribution in [0.15, 0.2) is 48.5 Å². The van der Waals surface area contributed by atoms with Crippen molar-refractivity contribution in [1.29, 1.82) is 5.26 Å². The van der Waals surface area contributed by atoms with Gasteiger partial charge in [0.1, 0.15) is 11.8 Å². The second kappa shape index (κ2) is 7.32. The minimum atomic E-state index is -0.937. The Morgan fingerprint density at radius 3 is 2.52 bits per heavy atom. The number of methoxy groups -OCH3 is 1. The number of nitrogens with zero attached hydrogens (tertiary/aromatic N) is 2. The molecule has 5 nitrogen and oxygen atoms in total. The highest BCUT2D eigenvalue weighted by Gasteiger charge is 2.47. The van der Waals surface area contributed by atoms with Crippen molar-refractivity contribution >= 4 is 0 Å². The van der Waals surface area contributed by atoms with E-state index in [4.69, 9.17) is 9.47 Å². The van der Waals surface area contributed by atoms with Crippen LogP contribution in [-0.2, 0) is 16.9 Å². The average molecular weight is 364 g/mol. The zero-order chi connectivity index (χ0) is 18.9. The number of ether oxygens (including phenoxy) is 2. The van der Waals surface area contributed by atoms with Crippen molar-refractivity contribution < 1.29 is 14.6 Å². The summed E-state index contributed by atoms with van der Waals surface area (Å²) in [6, 6.07) is 18.3. The highest BCUT2D eigenvalue weighted by atomic mass is 16.5. The van der Waals surface area contributed by atoms with Crippen LogP contribution in [-0.4, -0.2) is 42.4 Å². The molecule has 2 aliphatic rings. The minimum absolute atomic E-state index is 0.157. The molecule has 1 N–H and O–H groups in total. The molecule has 2 aliphatic heterocycles. The van der Waals surface area contributed by atoms with Gasteiger partial charge >= 0.3 is 0 Å². The molecule has 2 heterocycles. The number of benzene rings is 2. The molecule has 2 fully saturated rings. The fraction of sp³-hybridized carbons (Fsp3) is 0.409. The minimum Gasteiger partial charge on any atom is -0.495 e. The van der Waals surface area contributed by atoms with E-state index in [2.05, 4.69) is 35.2 Å². The van der Waals surface area contributed by atoms with Crippen molar-refractivity contribution in [3.05, 3.63) is 65.2 Å². The third-order valence-corrected chi connectivity index (χ3v) is 5.77. The molecule has 2 saturated heterocycles. The first-order valence-electron chi connectivity index (χ1n) is 9.31. The maximum absolute atomic E-state index is 11.5. The summed E-state index contributed by atoms with van der Waals surface area (Å²) in [6.45, 7) is 2.12. The number of aliphatic hydroxyl groups is 1. The second-order valence-corrected chi connectivity index (χ2v) is 7.47. The third kappa shape index (κ3) is 3.44. The van der Waals surface area contributed by atoms with Gasteiger partial charge < -0.3 is 14.6 Å². The van der Waals surface area contributed by atoms with Gasteiger partial charge in [0.05, 0.1) is 31.5 Å². The highest BCUT2D eigenvalue weighted by Crippen LogP contribution is 2.42. The topological polar surface area (TPSA) is 65.7 Å². The van der Waals surface area contributed by atoms with Gasteiger partial charge in [0.2, 0.25) is 0 Å². The molecule has 2 unspecified atom stereocenters. The van der Waals surface area contributed by atoms with Gasteiger partial charge in [-0.2, -0.15) is 5.26 Å². The molecule has 0 amide bonds. The van der Waals surface area contributed by atoms with Crippen molar-refractivity contribution in [2.75, 3.05) is 20.3 Å². The van der Waals surface area contributed by atoms with Crippen molar-refractivity contribution in [1.82, 2.24) is 4.90 Å². The highest BCUT2D eigenvalue weighted by molar-refractivity contribution is 5.47. The zero-order valence-electron chi connectivity index (χ0n) is 15.5. The van der Waals surface area contributed by atoms with Crippen LogP contribution in [0.25, 0.3) is 0 Å². The van der Waals surface area contributed by atoms with Gasteiger partial charge in [-0.05, 0) is 36.1 Å². The Labute approximate surface area is 159 Å². The van der Waals surface area contributed by atoms with E-state index in [1.54, 1.807) is 13.2 Å². The smallest absolute Gasteiger partial charge is 0.136 e. The number of rotatable bonds is 4. The number of fused-ring (bicyclic) bond motifs is 2. The first kappa shape index (κ1) is 18.0. The van der Waals surface area contributed by atoms with Crippen LogP contribution < -0.4 is 4.74 Å². The summed E-state index contributed by atoms with van der Waals surface area (Å²) in [7, 11) is 1.55. The Balaban J connectivity index is 1.60. The predicted octanol–water partition coefficient (Wildman–Crippen LogP) is 2.82. The Kier molecular flexibility index (Phi) is 4.88. The van der Waals surface area contributed by atoms with Gasteiger partial charge in [0.25, 0.3) is 0 Å². The SMILES string of the molecule is COc1cc(C2(O)CC3COCC(C2)N3Cc2ccccc2)ccc1C#N. The van der Waals surface area contributed by atoms with Gasteiger partial charge in [0.15, 0.2) is 0 Å². The van der Waals surface area contributed by atoms with Crippen molar-refractivity contribution in [3.8, 4) is 11.8 Å². The molecule has 2 bridgehead atoms. The van der Waals surface area contributed by atoms with E-state index >= 15 is 0 Å². The van der Waals surface area contributed by atoms with Crippen LogP contribution in [0.5, 0.6) is 5.75 Å². The Morgan fingerprint density at radius 2 is 1.89 bits per heavy atom. The largest absolute Gasteiger partial charge is 0.495 e. The number of morpholine rings is 1. The quantitative estimate of drug-likeness (QED) is 0.904.